The Bertz CT molecular complexity index is 769. The molecule has 0 radical (unpaired) electrons. The van der Waals surface area contributed by atoms with Crippen LogP contribution in [-0.2, 0) is 0 Å². The molecule has 1 aromatic carbocycles. The summed E-state index contributed by atoms with van der Waals surface area (Å²) < 4.78 is 5.61. The monoisotopic (exact) mass is 351 g/mol. The van der Waals surface area contributed by atoms with E-state index in [2.05, 4.69) is 34.4 Å². The average molecular weight is 351 g/mol. The van der Waals surface area contributed by atoms with Gasteiger partial charge in [-0.25, -0.2) is 9.97 Å². The molecule has 2 N–H and O–H groups in total. The number of hydrogen-bond donors (Lipinski definition) is 2. The van der Waals surface area contributed by atoms with Crippen LogP contribution < -0.4 is 10.1 Å². The number of rotatable bonds is 8. The van der Waals surface area contributed by atoms with Crippen molar-refractivity contribution in [1.29, 1.82) is 0 Å². The van der Waals surface area contributed by atoms with Crippen LogP contribution in [-0.4, -0.2) is 34.3 Å². The van der Waals surface area contributed by atoms with E-state index in [0.717, 1.165) is 48.4 Å². The molecule has 0 bridgehead atoms. The van der Waals surface area contributed by atoms with Crippen LogP contribution >= 0.6 is 0 Å². The van der Waals surface area contributed by atoms with E-state index in [9.17, 15) is 5.11 Å². The fourth-order valence-corrected chi connectivity index (χ4v) is 2.75. The van der Waals surface area contributed by atoms with Crippen molar-refractivity contribution in [2.75, 3.05) is 18.5 Å². The minimum absolute atomic E-state index is 0.413. The van der Waals surface area contributed by atoms with Crippen molar-refractivity contribution in [3.63, 3.8) is 0 Å². The zero-order chi connectivity index (χ0) is 18.2. The van der Waals surface area contributed by atoms with E-state index in [-0.39, 0.29) is 0 Å². The molecule has 0 fully saturated rings. The number of allylic oxidation sites excluding steroid dienone is 2. The largest absolute Gasteiger partial charge is 0.494 e. The number of nitrogens with zero attached hydrogens (tertiary/aromatic N) is 2. The molecule has 0 aliphatic heterocycles. The summed E-state index contributed by atoms with van der Waals surface area (Å²) in [5, 5.41) is 13.5. The van der Waals surface area contributed by atoms with Gasteiger partial charge in [0.15, 0.2) is 0 Å². The molecule has 0 saturated carbocycles. The molecule has 1 atom stereocenters. The molecule has 26 heavy (non-hydrogen) atoms. The summed E-state index contributed by atoms with van der Waals surface area (Å²) in [6.45, 7) is 3.22. The minimum Gasteiger partial charge on any atom is -0.494 e. The third-order valence-corrected chi connectivity index (χ3v) is 4.17. The van der Waals surface area contributed by atoms with E-state index in [0.29, 0.717) is 12.4 Å². The van der Waals surface area contributed by atoms with Crippen LogP contribution in [0, 0.1) is 0 Å². The highest BCUT2D eigenvalue weighted by atomic mass is 16.5. The van der Waals surface area contributed by atoms with Gasteiger partial charge in [0.2, 0.25) is 0 Å². The maximum absolute atomic E-state index is 10.3. The molecule has 5 nitrogen and oxygen atoms in total. The van der Waals surface area contributed by atoms with E-state index in [1.807, 2.05) is 36.4 Å². The summed E-state index contributed by atoms with van der Waals surface area (Å²) in [6, 6.07) is 9.77. The zero-order valence-corrected chi connectivity index (χ0v) is 15.1. The predicted octanol–water partition coefficient (Wildman–Crippen LogP) is 3.98. The number of ether oxygens (including phenoxy) is 1. The molecular formula is C21H25N3O2. The summed E-state index contributed by atoms with van der Waals surface area (Å²) in [5.41, 5.74) is 2.79. The predicted molar refractivity (Wildman–Crippen MR) is 104 cm³/mol. The highest BCUT2D eigenvalue weighted by Gasteiger charge is 2.10. The van der Waals surface area contributed by atoms with Crippen LogP contribution in [0.1, 0.15) is 26.2 Å². The standard InChI is InChI=1S/C21H25N3O2/c1-2-12-26-18-10-8-16(9-11-18)19-13-21(24-15-23-19)22-14-20(25)17-6-4-3-5-7-17/h4,6-11,13,15,20,25H,2-3,5,12,14H2,1H3,(H,22,23,24)/t20-/m0/s1. The number of benzene rings is 1. The van der Waals surface area contributed by atoms with Crippen molar-refractivity contribution in [2.45, 2.75) is 32.3 Å². The highest BCUT2D eigenvalue weighted by Crippen LogP contribution is 2.22. The number of anilines is 1. The van der Waals surface area contributed by atoms with Gasteiger partial charge in [-0.1, -0.05) is 25.2 Å². The lowest BCUT2D eigenvalue weighted by atomic mass is 10.0. The summed E-state index contributed by atoms with van der Waals surface area (Å²) in [4.78, 5) is 8.59. The van der Waals surface area contributed by atoms with Crippen LogP contribution in [0.25, 0.3) is 11.3 Å². The average Bonchev–Trinajstić information content (AvgIpc) is 2.71. The van der Waals surface area contributed by atoms with E-state index >= 15 is 0 Å². The Labute approximate surface area is 154 Å². The SMILES string of the molecule is CCCOc1ccc(-c2cc(NC[C@H](O)C3=CCCC=C3)ncn2)cc1. The summed E-state index contributed by atoms with van der Waals surface area (Å²) in [6.07, 6.45) is 10.2. The molecule has 1 aliphatic rings. The maximum Gasteiger partial charge on any atom is 0.130 e. The topological polar surface area (TPSA) is 67.3 Å². The summed E-state index contributed by atoms with van der Waals surface area (Å²) >= 11 is 0. The fourth-order valence-electron chi connectivity index (χ4n) is 2.75. The Kier molecular flexibility index (Phi) is 6.39. The second-order valence-electron chi connectivity index (χ2n) is 6.24. The molecular weight excluding hydrogens is 326 g/mol. The first-order chi connectivity index (χ1) is 12.8. The van der Waals surface area contributed by atoms with Crippen LogP contribution in [0.3, 0.4) is 0 Å². The summed E-state index contributed by atoms with van der Waals surface area (Å²) in [7, 11) is 0. The molecule has 5 heteroatoms. The Hall–Kier alpha value is -2.66. The Morgan fingerprint density at radius 2 is 2.04 bits per heavy atom. The van der Waals surface area contributed by atoms with Crippen molar-refractivity contribution in [3.05, 3.63) is 60.5 Å². The Morgan fingerprint density at radius 1 is 1.19 bits per heavy atom. The van der Waals surface area contributed by atoms with Gasteiger partial charge >= 0.3 is 0 Å². The van der Waals surface area contributed by atoms with Gasteiger partial charge in [-0.3, -0.25) is 0 Å². The van der Waals surface area contributed by atoms with Crippen molar-refractivity contribution in [3.8, 4) is 17.0 Å². The van der Waals surface area contributed by atoms with Gasteiger partial charge < -0.3 is 15.2 Å². The first-order valence-corrected chi connectivity index (χ1v) is 9.10. The summed E-state index contributed by atoms with van der Waals surface area (Å²) in [5.74, 6) is 1.56. The van der Waals surface area contributed by atoms with Gasteiger partial charge in [0, 0.05) is 18.2 Å². The van der Waals surface area contributed by atoms with Crippen LogP contribution in [0.5, 0.6) is 5.75 Å². The van der Waals surface area contributed by atoms with E-state index in [4.69, 9.17) is 4.74 Å². The first kappa shape index (κ1) is 18.1. The van der Waals surface area contributed by atoms with E-state index < -0.39 is 6.10 Å². The van der Waals surface area contributed by atoms with Gasteiger partial charge in [-0.15, -0.1) is 0 Å². The molecule has 3 rings (SSSR count). The lowest BCUT2D eigenvalue weighted by molar-refractivity contribution is 0.227. The third kappa shape index (κ3) is 4.92. The Morgan fingerprint density at radius 3 is 2.77 bits per heavy atom. The number of nitrogens with one attached hydrogen (secondary N) is 1. The number of aliphatic hydroxyl groups is 1. The lowest BCUT2D eigenvalue weighted by Gasteiger charge is -2.16. The van der Waals surface area contributed by atoms with Gasteiger partial charge in [0.1, 0.15) is 17.9 Å². The molecule has 0 unspecified atom stereocenters. The highest BCUT2D eigenvalue weighted by molar-refractivity contribution is 5.62. The molecule has 1 aliphatic carbocycles. The maximum atomic E-state index is 10.3. The Balaban J connectivity index is 1.62. The molecule has 2 aromatic rings. The minimum atomic E-state index is -0.542. The smallest absolute Gasteiger partial charge is 0.130 e. The second-order valence-corrected chi connectivity index (χ2v) is 6.24. The molecule has 0 saturated heterocycles. The van der Waals surface area contributed by atoms with Crippen LogP contribution in [0.2, 0.25) is 0 Å². The fraction of sp³-hybridized carbons (Fsp3) is 0.333. The van der Waals surface area contributed by atoms with Crippen molar-refractivity contribution < 1.29 is 9.84 Å². The van der Waals surface area contributed by atoms with Gasteiger partial charge in [0.05, 0.1) is 18.4 Å². The first-order valence-electron chi connectivity index (χ1n) is 9.10. The molecule has 1 heterocycles. The number of aliphatic hydroxyl groups excluding tert-OH is 1. The quantitative estimate of drug-likeness (QED) is 0.753. The van der Waals surface area contributed by atoms with Crippen LogP contribution in [0.4, 0.5) is 5.82 Å². The number of hydrogen-bond acceptors (Lipinski definition) is 5. The van der Waals surface area contributed by atoms with Gasteiger partial charge in [-0.05, 0) is 49.1 Å². The van der Waals surface area contributed by atoms with Crippen molar-refractivity contribution in [2.24, 2.45) is 0 Å². The zero-order valence-electron chi connectivity index (χ0n) is 15.1. The molecule has 136 valence electrons. The molecule has 1 aromatic heterocycles. The van der Waals surface area contributed by atoms with Crippen molar-refractivity contribution in [1.82, 2.24) is 9.97 Å². The second kappa shape index (κ2) is 9.15. The normalized spacial score (nSPS) is 14.6. The number of aromatic nitrogens is 2. The molecule has 0 spiro atoms. The van der Waals surface area contributed by atoms with Crippen molar-refractivity contribution >= 4 is 5.82 Å². The van der Waals surface area contributed by atoms with Crippen LogP contribution in [0.15, 0.2) is 60.5 Å². The van der Waals surface area contributed by atoms with E-state index in [1.54, 1.807) is 0 Å². The van der Waals surface area contributed by atoms with Gasteiger partial charge in [-0.2, -0.15) is 0 Å². The molecule has 0 amide bonds. The lowest BCUT2D eigenvalue weighted by Crippen LogP contribution is -2.22. The third-order valence-electron chi connectivity index (χ3n) is 4.17. The van der Waals surface area contributed by atoms with E-state index in [1.165, 1.54) is 6.33 Å². The van der Waals surface area contributed by atoms with Gasteiger partial charge in [0.25, 0.3) is 0 Å².